The van der Waals surface area contributed by atoms with E-state index in [0.717, 1.165) is 24.9 Å². The van der Waals surface area contributed by atoms with Crippen molar-refractivity contribution < 1.29 is 18.6 Å². The topological polar surface area (TPSA) is 83.4 Å². The standard InChI is InChI=1S/C43H49F2N5O2Si/c1-27(2)53(28(3)4,29(5)6)18-15-34-37(45)14-13-31-19-33(51)20-35(40(31)34)38-21-39-36(41(48-38)46-23-30-11-8-7-9-12-30)24-47-42(49-39)52-26-43-16-10-17-50(43)25-32(44)22-43/h7-9,11-14,19-21,24,27-29,32,51H,10,16-17,22-23,25-26H2,1-6H3,(H,46,48)/t32-,43+/m1/s1. The Labute approximate surface area is 312 Å². The highest BCUT2D eigenvalue weighted by Gasteiger charge is 2.49. The number of anilines is 1. The molecule has 2 saturated heterocycles. The molecule has 10 heteroatoms. The number of ether oxygens (including phenoxy) is 1. The number of benzene rings is 3. The van der Waals surface area contributed by atoms with E-state index in [1.807, 2.05) is 36.4 Å². The Hall–Kier alpha value is -4.59. The summed E-state index contributed by atoms with van der Waals surface area (Å²) in [6.07, 6.45) is 3.18. The van der Waals surface area contributed by atoms with Crippen molar-refractivity contribution in [3.8, 4) is 34.5 Å². The van der Waals surface area contributed by atoms with E-state index in [1.54, 1.807) is 24.4 Å². The summed E-state index contributed by atoms with van der Waals surface area (Å²) in [4.78, 5) is 16.7. The van der Waals surface area contributed by atoms with Crippen molar-refractivity contribution in [2.45, 2.75) is 95.7 Å². The largest absolute Gasteiger partial charge is 0.508 e. The molecule has 0 spiro atoms. The third-order valence-corrected chi connectivity index (χ3v) is 18.0. The average molecular weight is 734 g/mol. The van der Waals surface area contributed by atoms with Crippen LogP contribution in [0.4, 0.5) is 14.6 Å². The first kappa shape index (κ1) is 36.8. The number of alkyl halides is 1. The summed E-state index contributed by atoms with van der Waals surface area (Å²) < 4.78 is 36.8. The number of phenolic OH excluding ortho intramolecular Hbond substituents is 1. The lowest BCUT2D eigenvalue weighted by molar-refractivity contribution is 0.107. The van der Waals surface area contributed by atoms with Crippen LogP contribution < -0.4 is 10.1 Å². The quantitative estimate of drug-likeness (QED) is 0.109. The molecule has 2 atom stereocenters. The van der Waals surface area contributed by atoms with Crippen molar-refractivity contribution in [1.29, 1.82) is 0 Å². The first-order valence-electron chi connectivity index (χ1n) is 18.9. The van der Waals surface area contributed by atoms with Crippen molar-refractivity contribution in [1.82, 2.24) is 19.9 Å². The Morgan fingerprint density at radius 2 is 1.77 bits per heavy atom. The molecule has 2 fully saturated rings. The van der Waals surface area contributed by atoms with Gasteiger partial charge in [-0.2, -0.15) is 4.98 Å². The van der Waals surface area contributed by atoms with Crippen LogP contribution >= 0.6 is 0 Å². The Morgan fingerprint density at radius 3 is 2.51 bits per heavy atom. The number of aromatic hydroxyl groups is 1. The molecule has 3 aromatic carbocycles. The van der Waals surface area contributed by atoms with Gasteiger partial charge in [0.2, 0.25) is 0 Å². The Balaban J connectivity index is 1.37. The zero-order valence-electron chi connectivity index (χ0n) is 31.5. The van der Waals surface area contributed by atoms with Gasteiger partial charge in [-0.25, -0.2) is 18.7 Å². The molecule has 7 nitrogen and oxygen atoms in total. The minimum absolute atomic E-state index is 0.0313. The number of halogens is 2. The van der Waals surface area contributed by atoms with Gasteiger partial charge in [-0.3, -0.25) is 4.90 Å². The summed E-state index contributed by atoms with van der Waals surface area (Å²) in [5.41, 5.74) is 7.44. The molecular weight excluding hydrogens is 685 g/mol. The van der Waals surface area contributed by atoms with Crippen molar-refractivity contribution in [2.24, 2.45) is 0 Å². The fourth-order valence-electron chi connectivity index (χ4n) is 9.14. The number of rotatable bonds is 10. The van der Waals surface area contributed by atoms with Crippen LogP contribution in [0.25, 0.3) is 32.9 Å². The number of nitrogens with one attached hydrogen (secondary N) is 1. The lowest BCUT2D eigenvalue weighted by Crippen LogP contribution is -2.43. The number of hydrogen-bond donors (Lipinski definition) is 2. The summed E-state index contributed by atoms with van der Waals surface area (Å²) >= 11 is 0. The van der Waals surface area contributed by atoms with Crippen LogP contribution in [0, 0.1) is 17.3 Å². The monoisotopic (exact) mass is 733 g/mol. The molecule has 0 amide bonds. The Bertz CT molecular complexity index is 2180. The fourth-order valence-corrected chi connectivity index (χ4v) is 14.3. The van der Waals surface area contributed by atoms with Crippen molar-refractivity contribution in [2.75, 3.05) is 25.0 Å². The molecule has 4 heterocycles. The second-order valence-electron chi connectivity index (χ2n) is 15.8. The van der Waals surface area contributed by atoms with Crippen molar-refractivity contribution >= 4 is 35.6 Å². The number of hydrogen-bond acceptors (Lipinski definition) is 7. The lowest BCUT2D eigenvalue weighted by atomic mass is 9.95. The molecule has 5 aromatic rings. The number of fused-ring (bicyclic) bond motifs is 3. The Kier molecular flexibility index (Phi) is 10.2. The van der Waals surface area contributed by atoms with Gasteiger partial charge in [0.25, 0.3) is 0 Å². The molecule has 2 N–H and O–H groups in total. The highest BCUT2D eigenvalue weighted by Crippen LogP contribution is 2.43. The maximum absolute atomic E-state index is 16.1. The van der Waals surface area contributed by atoms with E-state index in [0.29, 0.717) is 87.1 Å². The number of aromatic nitrogens is 3. The maximum atomic E-state index is 16.1. The van der Waals surface area contributed by atoms with Crippen LogP contribution in [0.3, 0.4) is 0 Å². The molecule has 7 rings (SSSR count). The third-order valence-electron chi connectivity index (χ3n) is 11.7. The van der Waals surface area contributed by atoms with Crippen LogP contribution in [0.1, 0.15) is 71.9 Å². The third kappa shape index (κ3) is 6.97. The number of nitrogens with zero attached hydrogens (tertiary/aromatic N) is 4. The van der Waals surface area contributed by atoms with Crippen LogP contribution in [0.15, 0.2) is 66.9 Å². The predicted molar refractivity (Wildman–Crippen MR) is 212 cm³/mol. The molecule has 2 aromatic heterocycles. The summed E-state index contributed by atoms with van der Waals surface area (Å²) in [5.74, 6) is 3.53. The first-order chi connectivity index (χ1) is 25.4. The van der Waals surface area contributed by atoms with Gasteiger partial charge in [-0.1, -0.05) is 83.9 Å². The summed E-state index contributed by atoms with van der Waals surface area (Å²) in [7, 11) is -2.21. The van der Waals surface area contributed by atoms with Crippen molar-refractivity contribution in [3.05, 3.63) is 83.8 Å². The number of pyridine rings is 1. The number of phenols is 1. The maximum Gasteiger partial charge on any atom is 0.316 e. The average Bonchev–Trinajstić information content (AvgIpc) is 3.65. The minimum atomic E-state index is -2.21. The van der Waals surface area contributed by atoms with E-state index in [2.05, 4.69) is 68.2 Å². The van der Waals surface area contributed by atoms with Gasteiger partial charge in [0.15, 0.2) is 0 Å². The van der Waals surface area contributed by atoms with Gasteiger partial charge in [-0.05, 0) is 71.2 Å². The SMILES string of the molecule is CC(C)[Si](C#Cc1c(F)ccc2cc(O)cc(-c3cc4nc(OC[C@@]56CCCN5C[C@H](F)C6)ncc4c(NCc4ccccc4)n3)c12)(C(C)C)C(C)C. The minimum Gasteiger partial charge on any atom is -0.508 e. The van der Waals surface area contributed by atoms with Crippen LogP contribution in [0.5, 0.6) is 11.8 Å². The van der Waals surface area contributed by atoms with E-state index < -0.39 is 20.1 Å². The molecule has 0 bridgehead atoms. The van der Waals surface area contributed by atoms with Gasteiger partial charge in [0, 0.05) is 36.7 Å². The van der Waals surface area contributed by atoms with Gasteiger partial charge in [0.05, 0.1) is 27.7 Å². The zero-order valence-corrected chi connectivity index (χ0v) is 32.5. The van der Waals surface area contributed by atoms with E-state index >= 15 is 4.39 Å². The molecule has 0 radical (unpaired) electrons. The van der Waals surface area contributed by atoms with Gasteiger partial charge in [-0.15, -0.1) is 5.54 Å². The van der Waals surface area contributed by atoms with Gasteiger partial charge in [0.1, 0.15) is 38.2 Å². The summed E-state index contributed by atoms with van der Waals surface area (Å²) in [6, 6.07) is 18.4. The molecule has 0 saturated carbocycles. The molecule has 276 valence electrons. The van der Waals surface area contributed by atoms with Crippen LogP contribution in [-0.4, -0.2) is 64.4 Å². The van der Waals surface area contributed by atoms with E-state index in [9.17, 15) is 9.50 Å². The fraction of sp³-hybridized carbons (Fsp3) is 0.419. The van der Waals surface area contributed by atoms with Crippen LogP contribution in [-0.2, 0) is 6.54 Å². The van der Waals surface area contributed by atoms with Gasteiger partial charge < -0.3 is 15.2 Å². The second-order valence-corrected chi connectivity index (χ2v) is 21.4. The highest BCUT2D eigenvalue weighted by molar-refractivity contribution is 6.90. The van der Waals surface area contributed by atoms with Crippen molar-refractivity contribution in [3.63, 3.8) is 0 Å². The second kappa shape index (κ2) is 14.7. The predicted octanol–water partition coefficient (Wildman–Crippen LogP) is 9.83. The lowest BCUT2D eigenvalue weighted by Gasteiger charge is -2.38. The highest BCUT2D eigenvalue weighted by atomic mass is 28.3. The molecular formula is C43H49F2N5O2Si. The summed E-state index contributed by atoms with van der Waals surface area (Å²) in [5, 5.41) is 16.4. The first-order valence-corrected chi connectivity index (χ1v) is 21.1. The van der Waals surface area contributed by atoms with E-state index in [-0.39, 0.29) is 17.3 Å². The molecule has 2 aliphatic rings. The van der Waals surface area contributed by atoms with E-state index in [4.69, 9.17) is 14.7 Å². The molecule has 53 heavy (non-hydrogen) atoms. The molecule has 2 aliphatic heterocycles. The van der Waals surface area contributed by atoms with Crippen LogP contribution in [0.2, 0.25) is 16.6 Å². The molecule has 0 aliphatic carbocycles. The summed E-state index contributed by atoms with van der Waals surface area (Å²) in [6.45, 7) is 15.5. The van der Waals surface area contributed by atoms with E-state index in [1.165, 1.54) is 6.07 Å². The smallest absolute Gasteiger partial charge is 0.316 e. The van der Waals surface area contributed by atoms with Gasteiger partial charge >= 0.3 is 6.01 Å². The zero-order chi connectivity index (χ0) is 37.5. The molecule has 0 unspecified atom stereocenters. The normalized spacial score (nSPS) is 19.0. The Morgan fingerprint density at radius 1 is 1.02 bits per heavy atom.